The van der Waals surface area contributed by atoms with E-state index in [1.807, 2.05) is 26.0 Å². The molecule has 0 aromatic heterocycles. The van der Waals surface area contributed by atoms with Gasteiger partial charge in [0, 0.05) is 17.0 Å². The molecule has 0 bridgehead atoms. The van der Waals surface area contributed by atoms with Crippen LogP contribution >= 0.6 is 0 Å². The average Bonchev–Trinajstić information content (AvgIpc) is 2.27. The molecule has 0 saturated heterocycles. The molecule has 0 spiro atoms. The van der Waals surface area contributed by atoms with Crippen molar-refractivity contribution in [1.82, 2.24) is 0 Å². The monoisotopic (exact) mass is 218 g/mol. The Morgan fingerprint density at radius 1 is 1.56 bits per heavy atom. The van der Waals surface area contributed by atoms with Gasteiger partial charge in [0.1, 0.15) is 0 Å². The molecule has 1 rings (SSSR count). The normalized spacial score (nSPS) is 10.4. The van der Waals surface area contributed by atoms with Gasteiger partial charge in [0.05, 0.1) is 4.92 Å². The van der Waals surface area contributed by atoms with E-state index in [2.05, 4.69) is 6.58 Å². The Labute approximate surface area is 95.9 Å². The van der Waals surface area contributed by atoms with Gasteiger partial charge in [-0.15, -0.1) is 6.58 Å². The SMILES string of the molecule is C=C[C](C)c1cccc(CCC)c1[N+](=O)[O-]. The van der Waals surface area contributed by atoms with E-state index in [0.717, 1.165) is 24.3 Å². The maximum atomic E-state index is 11.1. The molecule has 0 fully saturated rings. The van der Waals surface area contributed by atoms with E-state index in [1.54, 1.807) is 12.1 Å². The van der Waals surface area contributed by atoms with Gasteiger partial charge in [-0.3, -0.25) is 10.1 Å². The highest BCUT2D eigenvalue weighted by Crippen LogP contribution is 2.30. The lowest BCUT2D eigenvalue weighted by Gasteiger charge is -2.09. The molecule has 0 aliphatic carbocycles. The fraction of sp³-hybridized carbons (Fsp3) is 0.308. The third kappa shape index (κ3) is 2.48. The van der Waals surface area contributed by atoms with Gasteiger partial charge in [-0.2, -0.15) is 0 Å². The molecular weight excluding hydrogens is 202 g/mol. The van der Waals surface area contributed by atoms with Gasteiger partial charge in [-0.05, 0) is 6.42 Å². The Bertz CT molecular complexity index is 399. The van der Waals surface area contributed by atoms with Crippen LogP contribution < -0.4 is 0 Å². The number of hydrogen-bond donors (Lipinski definition) is 0. The van der Waals surface area contributed by atoms with E-state index in [-0.39, 0.29) is 10.6 Å². The lowest BCUT2D eigenvalue weighted by atomic mass is 9.95. The van der Waals surface area contributed by atoms with Crippen molar-refractivity contribution >= 4 is 5.69 Å². The second-order valence-electron chi connectivity index (χ2n) is 3.71. The first-order chi connectivity index (χ1) is 7.61. The average molecular weight is 218 g/mol. The van der Waals surface area contributed by atoms with Gasteiger partial charge in [-0.1, -0.05) is 44.5 Å². The van der Waals surface area contributed by atoms with Crippen LogP contribution in [0.1, 0.15) is 31.4 Å². The van der Waals surface area contributed by atoms with Crippen LogP contribution in [0.25, 0.3) is 0 Å². The van der Waals surface area contributed by atoms with Gasteiger partial charge in [0.2, 0.25) is 0 Å². The molecule has 1 aromatic rings. The van der Waals surface area contributed by atoms with Crippen molar-refractivity contribution in [2.75, 3.05) is 0 Å². The number of aryl methyl sites for hydroxylation is 1. The first-order valence-electron chi connectivity index (χ1n) is 5.34. The van der Waals surface area contributed by atoms with Crippen molar-refractivity contribution in [3.8, 4) is 0 Å². The summed E-state index contributed by atoms with van der Waals surface area (Å²) in [4.78, 5) is 10.8. The molecule has 0 unspecified atom stereocenters. The highest BCUT2D eigenvalue weighted by atomic mass is 16.6. The lowest BCUT2D eigenvalue weighted by Crippen LogP contribution is -2.02. The Balaban J connectivity index is 3.31. The molecule has 0 amide bonds. The summed E-state index contributed by atoms with van der Waals surface area (Å²) < 4.78 is 0. The van der Waals surface area contributed by atoms with Crippen LogP contribution in [0, 0.1) is 16.0 Å². The number of hydrogen-bond acceptors (Lipinski definition) is 2. The summed E-state index contributed by atoms with van der Waals surface area (Å²) in [6.45, 7) is 7.51. The maximum Gasteiger partial charge on any atom is 0.276 e. The van der Waals surface area contributed by atoms with E-state index in [4.69, 9.17) is 0 Å². The Morgan fingerprint density at radius 3 is 2.75 bits per heavy atom. The zero-order valence-corrected chi connectivity index (χ0v) is 9.69. The van der Waals surface area contributed by atoms with Gasteiger partial charge >= 0.3 is 0 Å². The number of nitro groups is 1. The molecule has 3 nitrogen and oxygen atoms in total. The molecule has 0 heterocycles. The quantitative estimate of drug-likeness (QED) is 0.559. The van der Waals surface area contributed by atoms with Gasteiger partial charge < -0.3 is 0 Å². The summed E-state index contributed by atoms with van der Waals surface area (Å²) in [7, 11) is 0. The molecule has 0 aliphatic heterocycles. The maximum absolute atomic E-state index is 11.1. The molecule has 16 heavy (non-hydrogen) atoms. The number of benzene rings is 1. The second kappa shape index (κ2) is 5.45. The molecule has 1 radical (unpaired) electrons. The minimum Gasteiger partial charge on any atom is -0.258 e. The zero-order chi connectivity index (χ0) is 12.1. The van der Waals surface area contributed by atoms with E-state index >= 15 is 0 Å². The Morgan fingerprint density at radius 2 is 2.25 bits per heavy atom. The summed E-state index contributed by atoms with van der Waals surface area (Å²) in [5, 5.41) is 11.1. The number of nitro benzene ring substituents is 1. The second-order valence-corrected chi connectivity index (χ2v) is 3.71. The summed E-state index contributed by atoms with van der Waals surface area (Å²) in [5.74, 6) is 0.838. The zero-order valence-electron chi connectivity index (χ0n) is 9.69. The molecule has 85 valence electrons. The highest BCUT2D eigenvalue weighted by molar-refractivity contribution is 5.55. The fourth-order valence-electron chi connectivity index (χ4n) is 1.71. The van der Waals surface area contributed by atoms with Crippen LogP contribution in [-0.4, -0.2) is 4.92 Å². The standard InChI is InChI=1S/C13H16NO2/c1-4-7-11-8-6-9-12(10(3)5-2)13(11)14(15)16/h5-6,8-9H,2,4,7H2,1,3H3. The van der Waals surface area contributed by atoms with Crippen molar-refractivity contribution in [3.63, 3.8) is 0 Å². The summed E-state index contributed by atoms with van der Waals surface area (Å²) in [6, 6.07) is 5.45. The molecule has 1 aromatic carbocycles. The fourth-order valence-corrected chi connectivity index (χ4v) is 1.71. The predicted molar refractivity (Wildman–Crippen MR) is 65.3 cm³/mol. The van der Waals surface area contributed by atoms with E-state index in [1.165, 1.54) is 0 Å². The number of rotatable bonds is 5. The third-order valence-electron chi connectivity index (χ3n) is 2.55. The van der Waals surface area contributed by atoms with Crippen LogP contribution in [0.5, 0.6) is 0 Å². The minimum absolute atomic E-state index is 0.224. The molecule has 0 N–H and O–H groups in total. The van der Waals surface area contributed by atoms with E-state index in [9.17, 15) is 10.1 Å². The molecule has 0 aliphatic rings. The predicted octanol–water partition coefficient (Wildman–Crippen LogP) is 3.68. The van der Waals surface area contributed by atoms with Crippen LogP contribution in [0.4, 0.5) is 5.69 Å². The highest BCUT2D eigenvalue weighted by Gasteiger charge is 2.21. The number of para-hydroxylation sites is 1. The van der Waals surface area contributed by atoms with Crippen molar-refractivity contribution in [2.24, 2.45) is 0 Å². The van der Waals surface area contributed by atoms with Crippen molar-refractivity contribution in [2.45, 2.75) is 26.7 Å². The smallest absolute Gasteiger partial charge is 0.258 e. The third-order valence-corrected chi connectivity index (χ3v) is 2.55. The van der Waals surface area contributed by atoms with Gasteiger partial charge in [0.15, 0.2) is 0 Å². The van der Waals surface area contributed by atoms with Crippen molar-refractivity contribution < 1.29 is 4.92 Å². The molecular formula is C13H16NO2. The van der Waals surface area contributed by atoms with Crippen LogP contribution in [0.15, 0.2) is 30.9 Å². The first-order valence-corrected chi connectivity index (χ1v) is 5.34. The van der Waals surface area contributed by atoms with Gasteiger partial charge in [-0.25, -0.2) is 0 Å². The van der Waals surface area contributed by atoms with Crippen molar-refractivity contribution in [1.29, 1.82) is 0 Å². The van der Waals surface area contributed by atoms with E-state index in [0.29, 0.717) is 5.56 Å². The molecule has 0 saturated carbocycles. The van der Waals surface area contributed by atoms with Crippen LogP contribution in [0.2, 0.25) is 0 Å². The minimum atomic E-state index is -0.298. The van der Waals surface area contributed by atoms with Gasteiger partial charge in [0.25, 0.3) is 5.69 Å². The van der Waals surface area contributed by atoms with Crippen LogP contribution in [0.3, 0.4) is 0 Å². The molecule has 3 heteroatoms. The molecule has 0 atom stereocenters. The number of nitrogens with zero attached hydrogens (tertiary/aromatic N) is 1. The number of allylic oxidation sites excluding steroid dienone is 1. The summed E-state index contributed by atoms with van der Waals surface area (Å²) >= 11 is 0. The first kappa shape index (κ1) is 12.4. The lowest BCUT2D eigenvalue weighted by molar-refractivity contribution is -0.386. The topological polar surface area (TPSA) is 43.1 Å². The van der Waals surface area contributed by atoms with Crippen molar-refractivity contribution in [3.05, 3.63) is 58.0 Å². The summed E-state index contributed by atoms with van der Waals surface area (Å²) in [6.07, 6.45) is 3.28. The Hall–Kier alpha value is -1.64. The largest absolute Gasteiger partial charge is 0.276 e. The Kier molecular flexibility index (Phi) is 4.23. The summed E-state index contributed by atoms with van der Waals surface area (Å²) in [5.41, 5.74) is 1.69. The van der Waals surface area contributed by atoms with E-state index < -0.39 is 0 Å². The van der Waals surface area contributed by atoms with Crippen LogP contribution in [-0.2, 0) is 6.42 Å².